The second kappa shape index (κ2) is 8.55. The fourth-order valence-corrected chi connectivity index (χ4v) is 1.89. The number of aliphatic imine (C=N–C) groups is 1. The molecule has 2 aromatic carbocycles. The van der Waals surface area contributed by atoms with E-state index in [1.165, 1.54) is 16.7 Å². The molecule has 0 saturated carbocycles. The zero-order chi connectivity index (χ0) is 15.0. The Morgan fingerprint density at radius 2 is 1.60 bits per heavy atom. The van der Waals surface area contributed by atoms with Gasteiger partial charge in [0.1, 0.15) is 0 Å². The predicted molar refractivity (Wildman–Crippen MR) is 91.1 cm³/mol. The maximum absolute atomic E-state index is 6.12. The van der Waals surface area contributed by atoms with Gasteiger partial charge < -0.3 is 4.99 Å². The summed E-state index contributed by atoms with van der Waals surface area (Å²) in [4.78, 5) is 3.61. The standard InChI is InChI=1S/C15H15Cl.C3H7N/c1-3-12-5-8-13(9-6-12)14-7-4-11(2)15(16)10-14;1-3-4-2/h4-10H,3H2,1-2H3;3H,1-2H3. The predicted octanol–water partition coefficient (Wildman–Crippen LogP) is 5.58. The van der Waals surface area contributed by atoms with E-state index in [9.17, 15) is 0 Å². The third-order valence-corrected chi connectivity index (χ3v) is 3.53. The van der Waals surface area contributed by atoms with E-state index in [0.717, 1.165) is 17.0 Å². The van der Waals surface area contributed by atoms with Gasteiger partial charge in [0.05, 0.1) is 0 Å². The van der Waals surface area contributed by atoms with Crippen molar-refractivity contribution >= 4 is 17.8 Å². The molecule has 20 heavy (non-hydrogen) atoms. The van der Waals surface area contributed by atoms with E-state index in [1.807, 2.05) is 19.9 Å². The van der Waals surface area contributed by atoms with Gasteiger partial charge in [0.15, 0.2) is 0 Å². The van der Waals surface area contributed by atoms with Crippen LogP contribution in [-0.2, 0) is 6.42 Å². The molecule has 0 aliphatic carbocycles. The zero-order valence-electron chi connectivity index (χ0n) is 12.7. The van der Waals surface area contributed by atoms with Crippen molar-refractivity contribution in [2.75, 3.05) is 7.05 Å². The van der Waals surface area contributed by atoms with Crippen molar-refractivity contribution in [3.8, 4) is 11.1 Å². The maximum atomic E-state index is 6.12. The smallest absolute Gasteiger partial charge is 0.0441 e. The normalized spacial score (nSPS) is 10.2. The summed E-state index contributed by atoms with van der Waals surface area (Å²) in [5.41, 5.74) is 4.88. The summed E-state index contributed by atoms with van der Waals surface area (Å²) in [7, 11) is 1.75. The maximum Gasteiger partial charge on any atom is 0.0441 e. The van der Waals surface area contributed by atoms with Gasteiger partial charge in [0.25, 0.3) is 0 Å². The van der Waals surface area contributed by atoms with Crippen molar-refractivity contribution in [3.05, 3.63) is 58.6 Å². The number of aryl methyl sites for hydroxylation is 2. The van der Waals surface area contributed by atoms with Crippen LogP contribution in [0.1, 0.15) is 25.0 Å². The number of hydrogen-bond acceptors (Lipinski definition) is 1. The fraction of sp³-hybridized carbons (Fsp3) is 0.278. The van der Waals surface area contributed by atoms with E-state index in [2.05, 4.69) is 48.3 Å². The lowest BCUT2D eigenvalue weighted by Crippen LogP contribution is -1.82. The van der Waals surface area contributed by atoms with Crippen molar-refractivity contribution < 1.29 is 0 Å². The molecule has 0 heterocycles. The monoisotopic (exact) mass is 287 g/mol. The molecule has 0 aliphatic rings. The molecule has 0 atom stereocenters. The molecule has 0 radical (unpaired) electrons. The van der Waals surface area contributed by atoms with Gasteiger partial charge in [-0.15, -0.1) is 0 Å². The first-order valence-electron chi connectivity index (χ1n) is 6.84. The summed E-state index contributed by atoms with van der Waals surface area (Å²) in [6.45, 7) is 6.07. The van der Waals surface area contributed by atoms with Crippen LogP contribution in [0.3, 0.4) is 0 Å². The van der Waals surface area contributed by atoms with Gasteiger partial charge in [0.2, 0.25) is 0 Å². The first kappa shape index (κ1) is 16.5. The van der Waals surface area contributed by atoms with E-state index < -0.39 is 0 Å². The first-order valence-corrected chi connectivity index (χ1v) is 7.22. The quantitative estimate of drug-likeness (QED) is 0.639. The summed E-state index contributed by atoms with van der Waals surface area (Å²) < 4.78 is 0. The Morgan fingerprint density at radius 3 is 2.05 bits per heavy atom. The fourth-order valence-electron chi connectivity index (χ4n) is 1.71. The highest BCUT2D eigenvalue weighted by atomic mass is 35.5. The lowest BCUT2D eigenvalue weighted by Gasteiger charge is -2.05. The van der Waals surface area contributed by atoms with Crippen LogP contribution in [0.5, 0.6) is 0 Å². The van der Waals surface area contributed by atoms with E-state index >= 15 is 0 Å². The van der Waals surface area contributed by atoms with E-state index in [-0.39, 0.29) is 0 Å². The Labute approximate surface area is 127 Å². The highest BCUT2D eigenvalue weighted by Crippen LogP contribution is 2.25. The molecule has 0 saturated heterocycles. The van der Waals surface area contributed by atoms with Crippen molar-refractivity contribution in [1.82, 2.24) is 0 Å². The molecule has 106 valence electrons. The molecule has 0 unspecified atom stereocenters. The van der Waals surface area contributed by atoms with Crippen molar-refractivity contribution in [1.29, 1.82) is 0 Å². The second-order valence-corrected chi connectivity index (χ2v) is 4.94. The van der Waals surface area contributed by atoms with E-state index in [1.54, 1.807) is 13.3 Å². The van der Waals surface area contributed by atoms with Crippen LogP contribution in [0.4, 0.5) is 0 Å². The van der Waals surface area contributed by atoms with Gasteiger partial charge in [-0.3, -0.25) is 0 Å². The topological polar surface area (TPSA) is 12.4 Å². The number of nitrogens with zero attached hydrogens (tertiary/aromatic N) is 1. The van der Waals surface area contributed by atoms with Crippen LogP contribution in [0.2, 0.25) is 5.02 Å². The minimum Gasteiger partial charge on any atom is -0.301 e. The molecule has 0 N–H and O–H groups in total. The lowest BCUT2D eigenvalue weighted by molar-refractivity contribution is 1.14. The Bertz CT molecular complexity index is 552. The first-order chi connectivity index (χ1) is 9.62. The molecule has 0 bridgehead atoms. The molecule has 0 aliphatic heterocycles. The highest BCUT2D eigenvalue weighted by Gasteiger charge is 2.00. The van der Waals surface area contributed by atoms with E-state index in [4.69, 9.17) is 11.6 Å². The Morgan fingerprint density at radius 1 is 1.05 bits per heavy atom. The molecule has 2 heteroatoms. The Balaban J connectivity index is 0.000000444. The second-order valence-electron chi connectivity index (χ2n) is 4.53. The summed E-state index contributed by atoms with van der Waals surface area (Å²) in [5.74, 6) is 0. The Hall–Kier alpha value is -1.60. The van der Waals surface area contributed by atoms with Crippen LogP contribution in [0.15, 0.2) is 47.5 Å². The van der Waals surface area contributed by atoms with Crippen LogP contribution >= 0.6 is 11.6 Å². The van der Waals surface area contributed by atoms with Crippen LogP contribution in [-0.4, -0.2) is 13.3 Å². The largest absolute Gasteiger partial charge is 0.301 e. The summed E-state index contributed by atoms with van der Waals surface area (Å²) >= 11 is 6.12. The SMILES string of the molecule is CC=NC.CCc1ccc(-c2ccc(C)c(Cl)c2)cc1. The van der Waals surface area contributed by atoms with Crippen molar-refractivity contribution in [3.63, 3.8) is 0 Å². The van der Waals surface area contributed by atoms with E-state index in [0.29, 0.717) is 0 Å². The minimum atomic E-state index is 0.831. The average molecular weight is 288 g/mol. The van der Waals surface area contributed by atoms with Gasteiger partial charge in [-0.2, -0.15) is 0 Å². The molecule has 0 spiro atoms. The van der Waals surface area contributed by atoms with Gasteiger partial charge in [-0.25, -0.2) is 0 Å². The van der Waals surface area contributed by atoms with Gasteiger partial charge >= 0.3 is 0 Å². The third-order valence-electron chi connectivity index (χ3n) is 3.13. The van der Waals surface area contributed by atoms with Crippen molar-refractivity contribution in [2.45, 2.75) is 27.2 Å². The lowest BCUT2D eigenvalue weighted by atomic mass is 10.0. The minimum absolute atomic E-state index is 0.831. The highest BCUT2D eigenvalue weighted by molar-refractivity contribution is 6.31. The summed E-state index contributed by atoms with van der Waals surface area (Å²) in [6, 6.07) is 14.8. The molecule has 2 aromatic rings. The van der Waals surface area contributed by atoms with Crippen molar-refractivity contribution in [2.24, 2.45) is 4.99 Å². The molecule has 0 aromatic heterocycles. The van der Waals surface area contributed by atoms with Crippen LogP contribution in [0.25, 0.3) is 11.1 Å². The third kappa shape index (κ3) is 4.82. The van der Waals surface area contributed by atoms with Crippen LogP contribution < -0.4 is 0 Å². The number of benzene rings is 2. The molecular formula is C18H22ClN. The Kier molecular flexibility index (Phi) is 7.03. The molecule has 2 rings (SSSR count). The van der Waals surface area contributed by atoms with Gasteiger partial charge in [-0.05, 0) is 54.8 Å². The molecule has 0 amide bonds. The van der Waals surface area contributed by atoms with Gasteiger partial charge in [-0.1, -0.05) is 54.9 Å². The molecule has 1 nitrogen and oxygen atoms in total. The average Bonchev–Trinajstić information content (AvgIpc) is 2.50. The summed E-state index contributed by atoms with van der Waals surface area (Å²) in [6.07, 6.45) is 2.83. The zero-order valence-corrected chi connectivity index (χ0v) is 13.4. The summed E-state index contributed by atoms with van der Waals surface area (Å²) in [5, 5.41) is 0.831. The molecule has 0 fully saturated rings. The number of hydrogen-bond donors (Lipinski definition) is 0. The number of rotatable bonds is 2. The van der Waals surface area contributed by atoms with Gasteiger partial charge in [0, 0.05) is 12.1 Å². The molecular weight excluding hydrogens is 266 g/mol. The number of halogens is 1. The van der Waals surface area contributed by atoms with Crippen LogP contribution in [0, 0.1) is 6.92 Å².